The number of ether oxygens (including phenoxy) is 1. The molecule has 0 unspecified atom stereocenters. The Kier molecular flexibility index (Phi) is 7.48. The average Bonchev–Trinajstić information content (AvgIpc) is 2.76. The van der Waals surface area contributed by atoms with Crippen molar-refractivity contribution in [1.82, 2.24) is 0 Å². The van der Waals surface area contributed by atoms with Crippen molar-refractivity contribution >= 4 is 0 Å². The highest BCUT2D eigenvalue weighted by molar-refractivity contribution is 5.33. The maximum Gasteiger partial charge on any atom is 0.387 e. The predicted molar refractivity (Wildman–Crippen MR) is 114 cm³/mol. The van der Waals surface area contributed by atoms with E-state index in [1.165, 1.54) is 69.9 Å². The van der Waals surface area contributed by atoms with Crippen LogP contribution in [-0.4, -0.2) is 6.61 Å². The average molecular weight is 441 g/mol. The van der Waals surface area contributed by atoms with Crippen LogP contribution in [0.5, 0.6) is 5.75 Å². The summed E-state index contributed by atoms with van der Waals surface area (Å²) in [5, 5.41) is 0. The van der Waals surface area contributed by atoms with Gasteiger partial charge in [0, 0.05) is 0 Å². The quantitative estimate of drug-likeness (QED) is 0.403. The lowest BCUT2D eigenvalue weighted by Gasteiger charge is -2.45. The Morgan fingerprint density at radius 1 is 0.806 bits per heavy atom. The topological polar surface area (TPSA) is 9.23 Å². The van der Waals surface area contributed by atoms with Crippen LogP contribution >= 0.6 is 0 Å². The molecule has 1 aromatic carbocycles. The van der Waals surface area contributed by atoms with Crippen LogP contribution in [0.1, 0.15) is 95.5 Å². The van der Waals surface area contributed by atoms with Gasteiger partial charge in [-0.3, -0.25) is 0 Å². The van der Waals surface area contributed by atoms with Crippen molar-refractivity contribution in [1.29, 1.82) is 0 Å². The van der Waals surface area contributed by atoms with Crippen LogP contribution in [0.2, 0.25) is 0 Å². The van der Waals surface area contributed by atoms with Crippen molar-refractivity contribution in [3.63, 3.8) is 0 Å². The fourth-order valence-corrected chi connectivity index (χ4v) is 7.03. The highest BCUT2D eigenvalue weighted by Gasteiger charge is 2.39. The van der Waals surface area contributed by atoms with Gasteiger partial charge in [0.15, 0.2) is 17.4 Å². The zero-order valence-electron chi connectivity index (χ0n) is 18.6. The van der Waals surface area contributed by atoms with Crippen molar-refractivity contribution in [2.75, 3.05) is 0 Å². The number of fused-ring (bicyclic) bond motifs is 1. The summed E-state index contributed by atoms with van der Waals surface area (Å²) in [6.07, 6.45) is 15.1. The summed E-state index contributed by atoms with van der Waals surface area (Å²) >= 11 is 0. The molecule has 0 radical (unpaired) electrons. The molecule has 3 saturated carbocycles. The van der Waals surface area contributed by atoms with Crippen LogP contribution in [0.3, 0.4) is 0 Å². The Labute approximate surface area is 183 Å². The minimum absolute atomic E-state index is 0.104. The lowest BCUT2D eigenvalue weighted by molar-refractivity contribution is -0.0546. The van der Waals surface area contributed by atoms with Crippen molar-refractivity contribution in [3.8, 4) is 5.75 Å². The summed E-state index contributed by atoms with van der Waals surface area (Å²) in [6.45, 7) is -0.944. The molecule has 0 bridgehead atoms. The number of alkyl halides is 2. The Bertz CT molecular complexity index is 705. The molecule has 4 atom stereocenters. The summed E-state index contributed by atoms with van der Waals surface area (Å²) in [5.41, 5.74) is 0.589. The summed E-state index contributed by atoms with van der Waals surface area (Å²) in [5.74, 6) is 1.15. The smallest absolute Gasteiger partial charge is 0.387 e. The molecular formula is C26H36F4O. The number of rotatable bonds is 6. The molecular weight excluding hydrogens is 404 g/mol. The number of halogens is 4. The molecule has 0 saturated heterocycles. The minimum atomic E-state index is -3.23. The fourth-order valence-electron chi connectivity index (χ4n) is 7.03. The standard InChI is InChI=1S/C26H36F4O/c1-2-3-16-4-6-17(7-5-16)18-8-9-20-13-21(11-10-19(20)12-18)22-14-23(27)25(24(28)15-22)31-26(29)30/h14-21,26H,2-13H2,1H3/t16-,17-,18-,19-,20-,21-/m1/s1. The summed E-state index contributed by atoms with van der Waals surface area (Å²) in [6, 6.07) is 2.40. The molecule has 3 aliphatic carbocycles. The molecule has 174 valence electrons. The molecule has 31 heavy (non-hydrogen) atoms. The Morgan fingerprint density at radius 3 is 1.97 bits per heavy atom. The van der Waals surface area contributed by atoms with Crippen LogP contribution < -0.4 is 4.74 Å². The lowest BCUT2D eigenvalue weighted by atomic mass is 9.60. The second-order valence-corrected chi connectivity index (χ2v) is 10.4. The summed E-state index contributed by atoms with van der Waals surface area (Å²) in [4.78, 5) is 0. The van der Waals surface area contributed by atoms with Gasteiger partial charge in [-0.15, -0.1) is 0 Å². The fraction of sp³-hybridized carbons (Fsp3) is 0.769. The monoisotopic (exact) mass is 440 g/mol. The van der Waals surface area contributed by atoms with Gasteiger partial charge < -0.3 is 4.74 Å². The molecule has 0 spiro atoms. The Morgan fingerprint density at radius 2 is 1.35 bits per heavy atom. The van der Waals surface area contributed by atoms with Crippen LogP contribution in [0.15, 0.2) is 12.1 Å². The summed E-state index contributed by atoms with van der Waals surface area (Å²) < 4.78 is 57.2. The van der Waals surface area contributed by atoms with Gasteiger partial charge in [-0.1, -0.05) is 32.6 Å². The van der Waals surface area contributed by atoms with Crippen LogP contribution in [-0.2, 0) is 0 Å². The summed E-state index contributed by atoms with van der Waals surface area (Å²) in [7, 11) is 0. The van der Waals surface area contributed by atoms with Crippen molar-refractivity contribution in [2.45, 2.75) is 96.5 Å². The predicted octanol–water partition coefficient (Wildman–Crippen LogP) is 8.47. The van der Waals surface area contributed by atoms with E-state index in [9.17, 15) is 17.6 Å². The van der Waals surface area contributed by atoms with Gasteiger partial charge in [0.2, 0.25) is 0 Å². The Balaban J connectivity index is 1.33. The highest BCUT2D eigenvalue weighted by Crippen LogP contribution is 2.51. The van der Waals surface area contributed by atoms with Gasteiger partial charge in [0.25, 0.3) is 0 Å². The molecule has 5 heteroatoms. The third-order valence-corrected chi connectivity index (χ3v) is 8.61. The first-order valence-corrected chi connectivity index (χ1v) is 12.4. The first kappa shape index (κ1) is 22.9. The van der Waals surface area contributed by atoms with E-state index in [4.69, 9.17) is 0 Å². The second-order valence-electron chi connectivity index (χ2n) is 10.4. The van der Waals surface area contributed by atoms with Gasteiger partial charge in [-0.05, 0) is 105 Å². The molecule has 1 nitrogen and oxygen atoms in total. The maximum absolute atomic E-state index is 14.2. The molecule has 0 heterocycles. The van der Waals surface area contributed by atoms with E-state index in [0.29, 0.717) is 11.5 Å². The van der Waals surface area contributed by atoms with Gasteiger partial charge in [-0.2, -0.15) is 8.78 Å². The lowest BCUT2D eigenvalue weighted by Crippen LogP contribution is -2.34. The van der Waals surface area contributed by atoms with Gasteiger partial charge >= 0.3 is 6.61 Å². The SMILES string of the molecule is CCC[C@H]1CC[C@H]([C@@H]2CC[C@@H]3C[C@H](c4cc(F)c(OC(F)F)c(F)c4)CC[C@@H]3C2)CC1. The zero-order valence-corrected chi connectivity index (χ0v) is 18.6. The van der Waals surface area contributed by atoms with E-state index in [1.807, 2.05) is 0 Å². The zero-order chi connectivity index (χ0) is 22.0. The molecule has 0 aliphatic heterocycles. The molecule has 0 N–H and O–H groups in total. The Hall–Kier alpha value is -1.26. The molecule has 0 amide bonds. The number of hydrogen-bond acceptors (Lipinski definition) is 1. The van der Waals surface area contributed by atoms with Crippen LogP contribution in [0, 0.1) is 41.2 Å². The molecule has 4 rings (SSSR count). The van der Waals surface area contributed by atoms with Gasteiger partial charge in [0.1, 0.15) is 0 Å². The van der Waals surface area contributed by atoms with E-state index in [2.05, 4.69) is 11.7 Å². The second kappa shape index (κ2) is 10.1. The normalized spacial score (nSPS) is 33.9. The van der Waals surface area contributed by atoms with E-state index >= 15 is 0 Å². The van der Waals surface area contributed by atoms with E-state index in [0.717, 1.165) is 42.9 Å². The van der Waals surface area contributed by atoms with Gasteiger partial charge in [-0.25, -0.2) is 8.78 Å². The van der Waals surface area contributed by atoms with Crippen molar-refractivity contribution in [2.24, 2.45) is 29.6 Å². The van der Waals surface area contributed by atoms with E-state index < -0.39 is 24.0 Å². The number of benzene rings is 1. The number of hydrogen-bond donors (Lipinski definition) is 0. The first-order valence-electron chi connectivity index (χ1n) is 12.4. The van der Waals surface area contributed by atoms with Crippen LogP contribution in [0.25, 0.3) is 0 Å². The molecule has 3 fully saturated rings. The van der Waals surface area contributed by atoms with E-state index in [1.54, 1.807) is 0 Å². The first-order chi connectivity index (χ1) is 14.9. The maximum atomic E-state index is 14.2. The van der Waals surface area contributed by atoms with Crippen molar-refractivity contribution < 1.29 is 22.3 Å². The van der Waals surface area contributed by atoms with Crippen LogP contribution in [0.4, 0.5) is 17.6 Å². The largest absolute Gasteiger partial charge is 0.429 e. The third-order valence-electron chi connectivity index (χ3n) is 8.61. The third kappa shape index (κ3) is 5.39. The minimum Gasteiger partial charge on any atom is -0.429 e. The highest BCUT2D eigenvalue weighted by atomic mass is 19.3. The van der Waals surface area contributed by atoms with Crippen molar-refractivity contribution in [3.05, 3.63) is 29.3 Å². The molecule has 3 aliphatic rings. The van der Waals surface area contributed by atoms with Gasteiger partial charge in [0.05, 0.1) is 0 Å². The van der Waals surface area contributed by atoms with E-state index in [-0.39, 0.29) is 5.92 Å². The molecule has 0 aromatic heterocycles. The molecule has 1 aromatic rings.